The molecule has 0 saturated heterocycles. The minimum Gasteiger partial charge on any atom is -0.385 e. The number of hydrogen-bond acceptors (Lipinski definition) is 2. The van der Waals surface area contributed by atoms with Crippen LogP contribution in [0.3, 0.4) is 0 Å². The van der Waals surface area contributed by atoms with Gasteiger partial charge < -0.3 is 5.11 Å². The second-order valence-corrected chi connectivity index (χ2v) is 6.22. The van der Waals surface area contributed by atoms with E-state index in [1.165, 1.54) is 4.88 Å². The van der Waals surface area contributed by atoms with Gasteiger partial charge in [0.25, 0.3) is 0 Å². The van der Waals surface area contributed by atoms with Crippen molar-refractivity contribution in [3.8, 4) is 0 Å². The molecule has 17 heavy (non-hydrogen) atoms. The van der Waals surface area contributed by atoms with Crippen LogP contribution in [-0.4, -0.2) is 5.11 Å². The summed E-state index contributed by atoms with van der Waals surface area (Å²) in [5.41, 5.74) is 0.168. The highest BCUT2D eigenvalue weighted by Crippen LogP contribution is 2.32. The first-order chi connectivity index (χ1) is 8.09. The number of hydrogen-bond donors (Lipinski definition) is 1. The molecule has 1 unspecified atom stereocenters. The number of benzene rings is 1. The Balaban J connectivity index is 2.11. The number of thiophene rings is 1. The van der Waals surface area contributed by atoms with Crippen LogP contribution >= 0.6 is 27.3 Å². The fourth-order valence-corrected chi connectivity index (χ4v) is 3.27. The van der Waals surface area contributed by atoms with Crippen LogP contribution in [0, 0.1) is 0 Å². The normalized spacial score (nSPS) is 14.5. The molecule has 1 N–H and O–H groups in total. The monoisotopic (exact) mass is 310 g/mol. The lowest BCUT2D eigenvalue weighted by atomic mass is 9.91. The predicted octanol–water partition coefficient (Wildman–Crippen LogP) is 4.35. The molecule has 1 nitrogen and oxygen atoms in total. The molecule has 90 valence electrons. The van der Waals surface area contributed by atoms with E-state index in [0.717, 1.165) is 22.9 Å². The van der Waals surface area contributed by atoms with Crippen molar-refractivity contribution in [2.24, 2.45) is 0 Å². The Bertz CT molecular complexity index is 477. The zero-order chi connectivity index (χ0) is 12.3. The van der Waals surface area contributed by atoms with Gasteiger partial charge in [0.1, 0.15) is 0 Å². The van der Waals surface area contributed by atoms with Gasteiger partial charge in [-0.1, -0.05) is 40.2 Å². The molecular weight excluding hydrogens is 296 g/mol. The average molecular weight is 311 g/mol. The molecule has 1 aromatic carbocycles. The SMILES string of the molecule is CC(O)(CCc1cccs1)c1ccccc1Br. The van der Waals surface area contributed by atoms with Crippen molar-refractivity contribution in [2.75, 3.05) is 0 Å². The third kappa shape index (κ3) is 3.18. The molecule has 3 heteroatoms. The highest BCUT2D eigenvalue weighted by molar-refractivity contribution is 9.10. The Hall–Kier alpha value is -0.640. The summed E-state index contributed by atoms with van der Waals surface area (Å²) in [6, 6.07) is 12.0. The second-order valence-electron chi connectivity index (χ2n) is 4.33. The van der Waals surface area contributed by atoms with Crippen molar-refractivity contribution in [3.05, 3.63) is 56.7 Å². The Morgan fingerprint density at radius 2 is 2.00 bits per heavy atom. The standard InChI is InChI=1S/C14H15BrOS/c1-14(16,9-8-11-5-4-10-17-11)12-6-2-3-7-13(12)15/h2-7,10,16H,8-9H2,1H3. The molecule has 2 aromatic rings. The molecule has 0 aliphatic heterocycles. The van der Waals surface area contributed by atoms with Gasteiger partial charge >= 0.3 is 0 Å². The van der Waals surface area contributed by atoms with Crippen molar-refractivity contribution in [3.63, 3.8) is 0 Å². The third-order valence-electron chi connectivity index (χ3n) is 2.89. The molecule has 0 amide bonds. The lowest BCUT2D eigenvalue weighted by molar-refractivity contribution is 0.0475. The van der Waals surface area contributed by atoms with E-state index in [9.17, 15) is 5.11 Å². The molecule has 0 fully saturated rings. The third-order valence-corrected chi connectivity index (χ3v) is 4.52. The second kappa shape index (κ2) is 5.34. The zero-order valence-electron chi connectivity index (χ0n) is 9.69. The van der Waals surface area contributed by atoms with Crippen LogP contribution in [0.2, 0.25) is 0 Å². The Kier molecular flexibility index (Phi) is 4.02. The molecule has 1 aromatic heterocycles. The first-order valence-electron chi connectivity index (χ1n) is 5.59. The molecule has 2 rings (SSSR count). The highest BCUT2D eigenvalue weighted by atomic mass is 79.9. The molecule has 0 saturated carbocycles. The van der Waals surface area contributed by atoms with Crippen molar-refractivity contribution >= 4 is 27.3 Å². The molecule has 1 atom stereocenters. The van der Waals surface area contributed by atoms with E-state index in [4.69, 9.17) is 0 Å². The van der Waals surface area contributed by atoms with Gasteiger partial charge in [0.05, 0.1) is 5.60 Å². The summed E-state index contributed by atoms with van der Waals surface area (Å²) in [4.78, 5) is 1.32. The number of rotatable bonds is 4. The quantitative estimate of drug-likeness (QED) is 0.890. The summed E-state index contributed by atoms with van der Waals surface area (Å²) in [5, 5.41) is 12.6. The van der Waals surface area contributed by atoms with Gasteiger partial charge in [-0.3, -0.25) is 0 Å². The fraction of sp³-hybridized carbons (Fsp3) is 0.286. The molecule has 0 spiro atoms. The van der Waals surface area contributed by atoms with E-state index in [-0.39, 0.29) is 0 Å². The summed E-state index contributed by atoms with van der Waals surface area (Å²) >= 11 is 5.23. The lowest BCUT2D eigenvalue weighted by Gasteiger charge is -2.24. The number of halogens is 1. The molecule has 0 aliphatic rings. The summed E-state index contributed by atoms with van der Waals surface area (Å²) in [7, 11) is 0. The van der Waals surface area contributed by atoms with E-state index in [1.54, 1.807) is 11.3 Å². The molecule has 0 bridgehead atoms. The maximum absolute atomic E-state index is 10.5. The van der Waals surface area contributed by atoms with E-state index in [0.29, 0.717) is 0 Å². The van der Waals surface area contributed by atoms with Crippen LogP contribution in [0.4, 0.5) is 0 Å². The first kappa shape index (κ1) is 12.8. The molecule has 0 aliphatic carbocycles. The summed E-state index contributed by atoms with van der Waals surface area (Å²) < 4.78 is 0.969. The zero-order valence-corrected chi connectivity index (χ0v) is 12.1. The van der Waals surface area contributed by atoms with Crippen molar-refractivity contribution in [2.45, 2.75) is 25.4 Å². The van der Waals surface area contributed by atoms with Crippen LogP contribution in [0.15, 0.2) is 46.3 Å². The van der Waals surface area contributed by atoms with Crippen LogP contribution in [0.1, 0.15) is 23.8 Å². The predicted molar refractivity (Wildman–Crippen MR) is 76.4 cm³/mol. The summed E-state index contributed by atoms with van der Waals surface area (Å²) in [5.74, 6) is 0. The van der Waals surface area contributed by atoms with Gasteiger partial charge in [0.2, 0.25) is 0 Å². The van der Waals surface area contributed by atoms with Crippen LogP contribution in [0.25, 0.3) is 0 Å². The van der Waals surface area contributed by atoms with Crippen molar-refractivity contribution in [1.29, 1.82) is 0 Å². The Labute approximate surface area is 114 Å². The van der Waals surface area contributed by atoms with E-state index in [2.05, 4.69) is 27.4 Å². The van der Waals surface area contributed by atoms with Crippen LogP contribution in [0.5, 0.6) is 0 Å². The largest absolute Gasteiger partial charge is 0.385 e. The Morgan fingerprint density at radius 1 is 1.24 bits per heavy atom. The fourth-order valence-electron chi connectivity index (χ4n) is 1.85. The number of aryl methyl sites for hydroxylation is 1. The maximum atomic E-state index is 10.5. The highest BCUT2D eigenvalue weighted by Gasteiger charge is 2.24. The molecule has 0 radical (unpaired) electrons. The van der Waals surface area contributed by atoms with Crippen LogP contribution < -0.4 is 0 Å². The van der Waals surface area contributed by atoms with Crippen LogP contribution in [-0.2, 0) is 12.0 Å². The van der Waals surface area contributed by atoms with Gasteiger partial charge in [-0.2, -0.15) is 0 Å². The van der Waals surface area contributed by atoms with Crippen molar-refractivity contribution in [1.82, 2.24) is 0 Å². The number of aliphatic hydroxyl groups is 1. The van der Waals surface area contributed by atoms with Gasteiger partial charge in [0, 0.05) is 9.35 Å². The summed E-state index contributed by atoms with van der Waals surface area (Å²) in [6.45, 7) is 1.88. The van der Waals surface area contributed by atoms with E-state index < -0.39 is 5.60 Å². The van der Waals surface area contributed by atoms with Gasteiger partial charge in [-0.05, 0) is 42.8 Å². The van der Waals surface area contributed by atoms with E-state index >= 15 is 0 Å². The van der Waals surface area contributed by atoms with Gasteiger partial charge in [-0.25, -0.2) is 0 Å². The van der Waals surface area contributed by atoms with Crippen molar-refractivity contribution < 1.29 is 5.11 Å². The van der Waals surface area contributed by atoms with Gasteiger partial charge in [-0.15, -0.1) is 11.3 Å². The topological polar surface area (TPSA) is 20.2 Å². The molecular formula is C14H15BrOS. The average Bonchev–Trinajstić information content (AvgIpc) is 2.80. The Morgan fingerprint density at radius 3 is 2.65 bits per heavy atom. The first-order valence-corrected chi connectivity index (χ1v) is 7.26. The lowest BCUT2D eigenvalue weighted by Crippen LogP contribution is -2.22. The van der Waals surface area contributed by atoms with Gasteiger partial charge in [0.15, 0.2) is 0 Å². The maximum Gasteiger partial charge on any atom is 0.0882 e. The molecule has 1 heterocycles. The minimum atomic E-state index is -0.788. The smallest absolute Gasteiger partial charge is 0.0882 e. The summed E-state index contributed by atoms with van der Waals surface area (Å²) in [6.07, 6.45) is 1.64. The minimum absolute atomic E-state index is 0.732. The van der Waals surface area contributed by atoms with E-state index in [1.807, 2.05) is 37.3 Å².